The summed E-state index contributed by atoms with van der Waals surface area (Å²) in [6.45, 7) is 2.43. The molecule has 0 spiro atoms. The average molecular weight is 434 g/mol. The van der Waals surface area contributed by atoms with Gasteiger partial charge in [-0.2, -0.15) is 5.26 Å². The fraction of sp³-hybridized carbons (Fsp3) is 0.304. The van der Waals surface area contributed by atoms with E-state index in [1.165, 1.54) is 12.1 Å². The molecule has 2 aromatic carbocycles. The number of nitrogens with zero attached hydrogens (tertiary/aromatic N) is 3. The first kappa shape index (κ1) is 21.2. The Labute approximate surface area is 185 Å². The highest BCUT2D eigenvalue weighted by molar-refractivity contribution is 6.09. The second-order valence-electron chi connectivity index (χ2n) is 7.54. The monoisotopic (exact) mass is 434 g/mol. The lowest BCUT2D eigenvalue weighted by molar-refractivity contribution is -0.384. The number of anilines is 2. The van der Waals surface area contributed by atoms with Gasteiger partial charge >= 0.3 is 0 Å². The van der Waals surface area contributed by atoms with Crippen LogP contribution in [0.2, 0.25) is 0 Å². The molecule has 1 amide bonds. The van der Waals surface area contributed by atoms with Gasteiger partial charge in [-0.1, -0.05) is 6.07 Å². The third kappa shape index (κ3) is 4.64. The first-order valence-corrected chi connectivity index (χ1v) is 10.4. The number of hydrogen-bond acceptors (Lipinski definition) is 7. The number of nitro benzene ring substituents is 1. The Bertz CT molecular complexity index is 1120. The smallest absolute Gasteiger partial charge is 0.293 e. The highest BCUT2D eigenvalue weighted by atomic mass is 16.6. The number of carbonyl (C=O) groups excluding carboxylic acids is 1. The van der Waals surface area contributed by atoms with Crippen molar-refractivity contribution in [3.63, 3.8) is 0 Å². The van der Waals surface area contributed by atoms with Crippen molar-refractivity contribution < 1.29 is 19.2 Å². The highest BCUT2D eigenvalue weighted by Gasteiger charge is 2.22. The Morgan fingerprint density at radius 2 is 1.84 bits per heavy atom. The largest absolute Gasteiger partial charge is 0.486 e. The first-order chi connectivity index (χ1) is 15.5. The summed E-state index contributed by atoms with van der Waals surface area (Å²) in [5.74, 6) is 0.485. The standard InChI is InChI=1S/C23H22N4O5/c24-15-17(23(28)25-18-5-7-21-22(14-18)32-11-10-31-21)12-16-4-6-19(20(13-16)27(29)30)26-8-2-1-3-9-26/h4-7,12-14H,1-3,8-11H2,(H,25,28)/b17-12+. The van der Waals surface area contributed by atoms with Crippen LogP contribution in [0, 0.1) is 21.4 Å². The predicted octanol–water partition coefficient (Wildman–Crippen LogP) is 3.90. The normalized spacial score (nSPS) is 15.6. The van der Waals surface area contributed by atoms with Gasteiger partial charge in [-0.25, -0.2) is 0 Å². The summed E-state index contributed by atoms with van der Waals surface area (Å²) < 4.78 is 11.0. The fourth-order valence-corrected chi connectivity index (χ4v) is 3.81. The van der Waals surface area contributed by atoms with Gasteiger partial charge in [0.1, 0.15) is 30.5 Å². The fourth-order valence-electron chi connectivity index (χ4n) is 3.81. The number of benzene rings is 2. The molecule has 9 heteroatoms. The molecule has 4 rings (SSSR count). The molecule has 0 unspecified atom stereocenters. The van der Waals surface area contributed by atoms with Gasteiger partial charge < -0.3 is 19.7 Å². The topological polar surface area (TPSA) is 118 Å². The predicted molar refractivity (Wildman–Crippen MR) is 119 cm³/mol. The number of rotatable bonds is 5. The molecule has 164 valence electrons. The van der Waals surface area contributed by atoms with Crippen LogP contribution < -0.4 is 19.7 Å². The van der Waals surface area contributed by atoms with E-state index in [-0.39, 0.29) is 11.3 Å². The molecule has 2 aliphatic heterocycles. The van der Waals surface area contributed by atoms with Crippen LogP contribution >= 0.6 is 0 Å². The van der Waals surface area contributed by atoms with Gasteiger partial charge in [0.05, 0.1) is 4.92 Å². The van der Waals surface area contributed by atoms with Gasteiger partial charge in [0.2, 0.25) is 0 Å². The zero-order chi connectivity index (χ0) is 22.5. The lowest BCUT2D eigenvalue weighted by Gasteiger charge is -2.28. The zero-order valence-electron chi connectivity index (χ0n) is 17.4. The molecule has 1 N–H and O–H groups in total. The summed E-state index contributed by atoms with van der Waals surface area (Å²) in [5, 5.41) is 23.8. The molecule has 0 atom stereocenters. The number of amides is 1. The van der Waals surface area contributed by atoms with E-state index in [2.05, 4.69) is 5.32 Å². The maximum Gasteiger partial charge on any atom is 0.293 e. The number of ether oxygens (including phenoxy) is 2. The molecule has 2 aromatic rings. The molecular weight excluding hydrogens is 412 g/mol. The molecule has 0 radical (unpaired) electrons. The summed E-state index contributed by atoms with van der Waals surface area (Å²) in [5.41, 5.74) is 1.22. The van der Waals surface area contributed by atoms with Crippen molar-refractivity contribution in [3.05, 3.63) is 57.6 Å². The molecule has 32 heavy (non-hydrogen) atoms. The highest BCUT2D eigenvalue weighted by Crippen LogP contribution is 2.33. The molecule has 0 saturated carbocycles. The lowest BCUT2D eigenvalue weighted by Crippen LogP contribution is -2.29. The molecule has 1 fully saturated rings. The summed E-state index contributed by atoms with van der Waals surface area (Å²) in [7, 11) is 0. The minimum absolute atomic E-state index is 0.0369. The van der Waals surface area contributed by atoms with Crippen LogP contribution in [0.15, 0.2) is 42.0 Å². The Kier molecular flexibility index (Phi) is 6.22. The third-order valence-electron chi connectivity index (χ3n) is 5.37. The Balaban J connectivity index is 1.55. The third-order valence-corrected chi connectivity index (χ3v) is 5.37. The lowest BCUT2D eigenvalue weighted by atomic mass is 10.1. The van der Waals surface area contributed by atoms with Crippen LogP contribution in [-0.2, 0) is 4.79 Å². The van der Waals surface area contributed by atoms with Gasteiger partial charge in [0, 0.05) is 30.9 Å². The van der Waals surface area contributed by atoms with Gasteiger partial charge in [-0.3, -0.25) is 14.9 Å². The van der Waals surface area contributed by atoms with Crippen molar-refractivity contribution in [2.75, 3.05) is 36.5 Å². The van der Waals surface area contributed by atoms with Crippen molar-refractivity contribution in [2.24, 2.45) is 0 Å². The minimum atomic E-state index is -0.619. The Morgan fingerprint density at radius 3 is 2.56 bits per heavy atom. The number of piperidine rings is 1. The van der Waals surface area contributed by atoms with Crippen molar-refractivity contribution in [1.29, 1.82) is 5.26 Å². The number of hydrogen-bond donors (Lipinski definition) is 1. The second kappa shape index (κ2) is 9.39. The molecule has 1 saturated heterocycles. The van der Waals surface area contributed by atoms with Crippen molar-refractivity contribution in [3.8, 4) is 17.6 Å². The Morgan fingerprint density at radius 1 is 1.09 bits per heavy atom. The van der Waals surface area contributed by atoms with E-state index in [1.807, 2.05) is 11.0 Å². The molecular formula is C23H22N4O5. The van der Waals surface area contributed by atoms with E-state index in [4.69, 9.17) is 9.47 Å². The second-order valence-corrected chi connectivity index (χ2v) is 7.54. The minimum Gasteiger partial charge on any atom is -0.486 e. The summed E-state index contributed by atoms with van der Waals surface area (Å²) in [6, 6.07) is 11.6. The number of nitro groups is 1. The molecule has 0 bridgehead atoms. The molecule has 2 aliphatic rings. The summed E-state index contributed by atoms with van der Waals surface area (Å²) >= 11 is 0. The summed E-state index contributed by atoms with van der Waals surface area (Å²) in [4.78, 5) is 25.9. The molecule has 2 heterocycles. The van der Waals surface area contributed by atoms with Crippen molar-refractivity contribution >= 4 is 29.0 Å². The maximum absolute atomic E-state index is 12.6. The van der Waals surface area contributed by atoms with Crippen LogP contribution in [-0.4, -0.2) is 37.1 Å². The quantitative estimate of drug-likeness (QED) is 0.328. The van der Waals surface area contributed by atoms with Crippen LogP contribution in [0.3, 0.4) is 0 Å². The molecule has 0 aliphatic carbocycles. The molecule has 0 aromatic heterocycles. The SMILES string of the molecule is N#C/C(=C\c1ccc(N2CCCCC2)c([N+](=O)[O-])c1)C(=O)Nc1ccc2c(c1)OCCO2. The van der Waals surface area contributed by atoms with Gasteiger partial charge in [0.15, 0.2) is 11.5 Å². The van der Waals surface area contributed by atoms with E-state index in [0.29, 0.717) is 41.7 Å². The maximum atomic E-state index is 12.6. The van der Waals surface area contributed by atoms with Crippen LogP contribution in [0.4, 0.5) is 17.1 Å². The van der Waals surface area contributed by atoms with Crippen LogP contribution in [0.25, 0.3) is 6.08 Å². The summed E-state index contributed by atoms with van der Waals surface area (Å²) in [6.07, 6.45) is 4.46. The van der Waals surface area contributed by atoms with Crippen LogP contribution in [0.5, 0.6) is 11.5 Å². The van der Waals surface area contributed by atoms with Crippen molar-refractivity contribution in [2.45, 2.75) is 19.3 Å². The number of nitrogens with one attached hydrogen (secondary N) is 1. The van der Waals surface area contributed by atoms with Crippen LogP contribution in [0.1, 0.15) is 24.8 Å². The number of carbonyl (C=O) groups is 1. The van der Waals surface area contributed by atoms with Crippen molar-refractivity contribution in [1.82, 2.24) is 0 Å². The van der Waals surface area contributed by atoms with E-state index in [1.54, 1.807) is 30.3 Å². The first-order valence-electron chi connectivity index (χ1n) is 10.4. The van der Waals surface area contributed by atoms with Gasteiger partial charge in [0.25, 0.3) is 11.6 Å². The van der Waals surface area contributed by atoms with E-state index < -0.39 is 10.8 Å². The number of fused-ring (bicyclic) bond motifs is 1. The van der Waals surface area contributed by atoms with E-state index in [9.17, 15) is 20.2 Å². The zero-order valence-corrected chi connectivity index (χ0v) is 17.4. The van der Waals surface area contributed by atoms with E-state index >= 15 is 0 Å². The number of nitriles is 1. The Hall–Kier alpha value is -4.06. The van der Waals surface area contributed by atoms with Gasteiger partial charge in [-0.15, -0.1) is 0 Å². The average Bonchev–Trinajstić information content (AvgIpc) is 2.82. The molecule has 9 nitrogen and oxygen atoms in total. The van der Waals surface area contributed by atoms with E-state index in [0.717, 1.165) is 32.4 Å². The van der Waals surface area contributed by atoms with Gasteiger partial charge in [-0.05, 0) is 49.1 Å².